The topological polar surface area (TPSA) is 95.6 Å². The fourth-order valence-corrected chi connectivity index (χ4v) is 6.18. The van der Waals surface area contributed by atoms with Gasteiger partial charge in [-0.3, -0.25) is 9.59 Å². The van der Waals surface area contributed by atoms with Gasteiger partial charge in [0.1, 0.15) is 10.3 Å². The number of carbonyl (C=O) groups is 2. The maximum atomic E-state index is 13.0. The molecule has 2 aromatic rings. The van der Waals surface area contributed by atoms with Gasteiger partial charge in [0.2, 0.25) is 15.9 Å². The van der Waals surface area contributed by atoms with E-state index in [1.54, 1.807) is 34.5 Å². The highest BCUT2D eigenvalue weighted by molar-refractivity contribution is 7.91. The highest BCUT2D eigenvalue weighted by Crippen LogP contribution is 2.20. The van der Waals surface area contributed by atoms with E-state index in [9.17, 15) is 18.0 Å². The average molecular weight is 456 g/mol. The minimum atomic E-state index is -3.52. The van der Waals surface area contributed by atoms with Gasteiger partial charge in [-0.05, 0) is 41.7 Å². The minimum absolute atomic E-state index is 0.0542. The molecule has 0 saturated carbocycles. The Balaban J connectivity index is 1.57. The van der Waals surface area contributed by atoms with Crippen LogP contribution in [0, 0.1) is 5.92 Å². The van der Waals surface area contributed by atoms with Crippen LogP contribution in [0.2, 0.25) is 0 Å². The Bertz CT molecular complexity index is 916. The summed E-state index contributed by atoms with van der Waals surface area (Å²) in [6, 6.07) is 6.00. The number of amides is 2. The van der Waals surface area contributed by atoms with Crippen LogP contribution in [0.5, 0.6) is 0 Å². The molecule has 29 heavy (non-hydrogen) atoms. The van der Waals surface area contributed by atoms with E-state index in [-0.39, 0.29) is 23.8 Å². The summed E-state index contributed by atoms with van der Waals surface area (Å²) in [5.41, 5.74) is 0. The molecule has 0 spiro atoms. The van der Waals surface area contributed by atoms with E-state index >= 15 is 0 Å². The first-order chi connectivity index (χ1) is 13.8. The van der Waals surface area contributed by atoms with Crippen LogP contribution < -0.4 is 10.0 Å². The van der Waals surface area contributed by atoms with Crippen molar-refractivity contribution in [2.45, 2.75) is 43.0 Å². The predicted octanol–water partition coefficient (Wildman–Crippen LogP) is 2.53. The third kappa shape index (κ3) is 5.44. The van der Waals surface area contributed by atoms with Crippen molar-refractivity contribution in [2.75, 3.05) is 13.1 Å². The summed E-state index contributed by atoms with van der Waals surface area (Å²) in [5.74, 6) is -0.420. The van der Waals surface area contributed by atoms with Crippen LogP contribution in [-0.2, 0) is 14.8 Å². The van der Waals surface area contributed by atoms with Gasteiger partial charge in [-0.25, -0.2) is 13.1 Å². The smallest absolute Gasteiger partial charge is 0.262 e. The number of hydrogen-bond acceptors (Lipinski definition) is 6. The molecule has 158 valence electrons. The van der Waals surface area contributed by atoms with Gasteiger partial charge in [0.05, 0.1) is 4.88 Å². The van der Waals surface area contributed by atoms with E-state index in [0.717, 1.165) is 0 Å². The van der Waals surface area contributed by atoms with E-state index in [1.807, 2.05) is 19.2 Å². The summed E-state index contributed by atoms with van der Waals surface area (Å²) in [5, 5.41) is 6.41. The second-order valence-electron chi connectivity index (χ2n) is 7.33. The van der Waals surface area contributed by atoms with Crippen LogP contribution in [0.3, 0.4) is 0 Å². The standard InChI is InChI=1S/C19H25N3O4S3/c1-13(2)17(20-18(23)15-5-3-11-27-15)19(24)22-9-7-14(8-10-22)21-29(25,26)16-6-4-12-28-16/h3-6,11-14,17,21H,7-10H2,1-2H3,(H,20,23). The Kier molecular flexibility index (Phi) is 7.10. The highest BCUT2D eigenvalue weighted by atomic mass is 32.2. The van der Waals surface area contributed by atoms with E-state index in [4.69, 9.17) is 0 Å². The Morgan fingerprint density at radius 2 is 1.76 bits per heavy atom. The number of nitrogens with zero attached hydrogens (tertiary/aromatic N) is 1. The Labute approximate surface area is 179 Å². The SMILES string of the molecule is CC(C)C(NC(=O)c1cccs1)C(=O)N1CCC(NS(=O)(=O)c2cccs2)CC1. The lowest BCUT2D eigenvalue weighted by Gasteiger charge is -2.35. The zero-order valence-corrected chi connectivity index (χ0v) is 18.8. The van der Waals surface area contributed by atoms with Crippen molar-refractivity contribution >= 4 is 44.5 Å². The molecule has 2 N–H and O–H groups in total. The number of thiophene rings is 2. The number of rotatable bonds is 7. The molecule has 2 amide bonds. The summed E-state index contributed by atoms with van der Waals surface area (Å²) in [6.07, 6.45) is 1.08. The van der Waals surface area contributed by atoms with Crippen molar-refractivity contribution in [3.8, 4) is 0 Å². The summed E-state index contributed by atoms with van der Waals surface area (Å²) in [7, 11) is -3.52. The molecule has 10 heteroatoms. The second kappa shape index (κ2) is 9.38. The van der Waals surface area contributed by atoms with Gasteiger partial charge in [-0.1, -0.05) is 26.0 Å². The van der Waals surface area contributed by atoms with Gasteiger partial charge < -0.3 is 10.2 Å². The van der Waals surface area contributed by atoms with E-state index in [1.165, 1.54) is 22.7 Å². The Morgan fingerprint density at radius 1 is 1.10 bits per heavy atom. The first-order valence-electron chi connectivity index (χ1n) is 9.47. The van der Waals surface area contributed by atoms with Crippen LogP contribution in [-0.4, -0.2) is 50.3 Å². The van der Waals surface area contributed by atoms with Crippen molar-refractivity contribution in [1.82, 2.24) is 14.9 Å². The predicted molar refractivity (Wildman–Crippen MR) is 115 cm³/mol. The fourth-order valence-electron chi connectivity index (χ4n) is 3.24. The van der Waals surface area contributed by atoms with Crippen LogP contribution in [0.1, 0.15) is 36.4 Å². The lowest BCUT2D eigenvalue weighted by Crippen LogP contribution is -2.54. The molecule has 1 fully saturated rings. The molecule has 1 aliphatic heterocycles. The lowest BCUT2D eigenvalue weighted by molar-refractivity contribution is -0.135. The van der Waals surface area contributed by atoms with Crippen molar-refractivity contribution < 1.29 is 18.0 Å². The second-order valence-corrected chi connectivity index (χ2v) is 11.2. The van der Waals surface area contributed by atoms with Crippen LogP contribution in [0.15, 0.2) is 39.2 Å². The summed E-state index contributed by atoms with van der Waals surface area (Å²) >= 11 is 2.52. The van der Waals surface area contributed by atoms with Crippen LogP contribution >= 0.6 is 22.7 Å². The van der Waals surface area contributed by atoms with Gasteiger partial charge in [0.15, 0.2) is 0 Å². The fraction of sp³-hybridized carbons (Fsp3) is 0.474. The highest BCUT2D eigenvalue weighted by Gasteiger charge is 2.32. The molecular weight excluding hydrogens is 430 g/mol. The normalized spacial score (nSPS) is 16.7. The van der Waals surface area contributed by atoms with Gasteiger partial charge in [-0.2, -0.15) is 0 Å². The average Bonchev–Trinajstić information content (AvgIpc) is 3.39. The molecule has 1 aliphatic rings. The molecule has 2 aromatic heterocycles. The van der Waals surface area contributed by atoms with Gasteiger partial charge >= 0.3 is 0 Å². The molecule has 0 aromatic carbocycles. The number of likely N-dealkylation sites (tertiary alicyclic amines) is 1. The molecule has 7 nitrogen and oxygen atoms in total. The molecule has 1 saturated heterocycles. The van der Waals surface area contributed by atoms with Crippen molar-refractivity contribution in [1.29, 1.82) is 0 Å². The van der Waals surface area contributed by atoms with Crippen LogP contribution in [0.25, 0.3) is 0 Å². The van der Waals surface area contributed by atoms with E-state index in [0.29, 0.717) is 35.0 Å². The Morgan fingerprint density at radius 3 is 2.31 bits per heavy atom. The molecule has 0 aliphatic carbocycles. The van der Waals surface area contributed by atoms with Crippen molar-refractivity contribution in [3.63, 3.8) is 0 Å². The minimum Gasteiger partial charge on any atom is -0.341 e. The largest absolute Gasteiger partial charge is 0.341 e. The molecule has 3 heterocycles. The molecular formula is C19H25N3O4S3. The molecule has 1 unspecified atom stereocenters. The summed E-state index contributed by atoms with van der Waals surface area (Å²) < 4.78 is 27.8. The van der Waals surface area contributed by atoms with E-state index < -0.39 is 16.1 Å². The molecule has 3 rings (SSSR count). The number of carbonyl (C=O) groups excluding carboxylic acids is 2. The number of piperidine rings is 1. The van der Waals surface area contributed by atoms with E-state index in [2.05, 4.69) is 10.0 Å². The number of sulfonamides is 1. The summed E-state index contributed by atoms with van der Waals surface area (Å²) in [4.78, 5) is 27.7. The molecule has 0 radical (unpaired) electrons. The first kappa shape index (κ1) is 21.9. The van der Waals surface area contributed by atoms with Gasteiger partial charge in [0.25, 0.3) is 5.91 Å². The number of hydrogen-bond donors (Lipinski definition) is 2. The van der Waals surface area contributed by atoms with Gasteiger partial charge in [0, 0.05) is 19.1 Å². The maximum Gasteiger partial charge on any atom is 0.262 e. The number of nitrogens with one attached hydrogen (secondary N) is 2. The Hall–Kier alpha value is -1.75. The monoisotopic (exact) mass is 455 g/mol. The summed E-state index contributed by atoms with van der Waals surface area (Å²) in [6.45, 7) is 4.71. The third-order valence-corrected chi connectivity index (χ3v) is 8.64. The zero-order valence-electron chi connectivity index (χ0n) is 16.3. The quantitative estimate of drug-likeness (QED) is 0.671. The first-order valence-corrected chi connectivity index (χ1v) is 12.7. The van der Waals surface area contributed by atoms with Crippen molar-refractivity contribution in [2.24, 2.45) is 5.92 Å². The lowest BCUT2D eigenvalue weighted by atomic mass is 10.00. The maximum absolute atomic E-state index is 13.0. The zero-order chi connectivity index (χ0) is 21.0. The molecule has 1 atom stereocenters. The van der Waals surface area contributed by atoms with Crippen molar-refractivity contribution in [3.05, 3.63) is 39.9 Å². The van der Waals surface area contributed by atoms with Crippen LogP contribution in [0.4, 0.5) is 0 Å². The van der Waals surface area contributed by atoms with Gasteiger partial charge in [-0.15, -0.1) is 22.7 Å². The third-order valence-electron chi connectivity index (χ3n) is 4.85. The molecule has 0 bridgehead atoms.